The highest BCUT2D eigenvalue weighted by Gasteiger charge is 2.38. The van der Waals surface area contributed by atoms with Crippen molar-refractivity contribution in [3.05, 3.63) is 35.6 Å². The average Bonchev–Trinajstić information content (AvgIpc) is 2.48. The Kier molecular flexibility index (Phi) is 4.60. The van der Waals surface area contributed by atoms with Crippen molar-refractivity contribution in [1.29, 1.82) is 0 Å². The molecule has 1 spiro atoms. The minimum atomic E-state index is -0.156. The van der Waals surface area contributed by atoms with Gasteiger partial charge < -0.3 is 10.1 Å². The quantitative estimate of drug-likeness (QED) is 0.893. The normalized spacial score (nSPS) is 26.7. The van der Waals surface area contributed by atoms with Gasteiger partial charge in [-0.2, -0.15) is 0 Å². The van der Waals surface area contributed by atoms with Gasteiger partial charge >= 0.3 is 0 Å². The van der Waals surface area contributed by atoms with E-state index in [2.05, 4.69) is 12.2 Å². The lowest BCUT2D eigenvalue weighted by Crippen LogP contribution is -2.48. The Morgan fingerprint density at radius 3 is 2.86 bits per heavy atom. The summed E-state index contributed by atoms with van der Waals surface area (Å²) in [4.78, 5) is 0. The monoisotopic (exact) mass is 291 g/mol. The fraction of sp³-hybridized carbons (Fsp3) is 0.667. The molecule has 3 heteroatoms. The fourth-order valence-electron chi connectivity index (χ4n) is 3.94. The lowest BCUT2D eigenvalue weighted by molar-refractivity contribution is -0.110. The Morgan fingerprint density at radius 2 is 2.10 bits per heavy atom. The van der Waals surface area contributed by atoms with Gasteiger partial charge in [0.05, 0.1) is 5.60 Å². The zero-order chi connectivity index (χ0) is 14.7. The van der Waals surface area contributed by atoms with Gasteiger partial charge in [0.15, 0.2) is 0 Å². The predicted octanol–water partition coefficient (Wildman–Crippen LogP) is 4.36. The molecular weight excluding hydrogens is 265 g/mol. The van der Waals surface area contributed by atoms with Crippen LogP contribution in [0.4, 0.5) is 4.39 Å². The van der Waals surface area contributed by atoms with Crippen LogP contribution in [-0.2, 0) is 4.74 Å². The number of nitrogens with one attached hydrogen (secondary N) is 1. The van der Waals surface area contributed by atoms with Crippen LogP contribution in [0.5, 0.6) is 0 Å². The van der Waals surface area contributed by atoms with E-state index in [1.807, 2.05) is 6.07 Å². The molecule has 1 aromatic rings. The summed E-state index contributed by atoms with van der Waals surface area (Å²) in [7, 11) is 0. The van der Waals surface area contributed by atoms with Crippen LogP contribution in [0.3, 0.4) is 0 Å². The van der Waals surface area contributed by atoms with Crippen LogP contribution >= 0.6 is 0 Å². The second kappa shape index (κ2) is 6.45. The van der Waals surface area contributed by atoms with Gasteiger partial charge in [-0.3, -0.25) is 0 Å². The van der Waals surface area contributed by atoms with Gasteiger partial charge in [0.2, 0.25) is 0 Å². The molecule has 1 saturated heterocycles. The molecule has 2 atom stereocenters. The number of hydrogen-bond donors (Lipinski definition) is 1. The van der Waals surface area contributed by atoms with Crippen molar-refractivity contribution in [2.75, 3.05) is 6.61 Å². The Labute approximate surface area is 127 Å². The molecule has 2 fully saturated rings. The molecule has 1 N–H and O–H groups in total. The molecule has 0 amide bonds. The zero-order valence-corrected chi connectivity index (χ0v) is 12.9. The third kappa shape index (κ3) is 3.64. The number of hydrogen-bond acceptors (Lipinski definition) is 2. The van der Waals surface area contributed by atoms with E-state index in [1.54, 1.807) is 12.1 Å². The summed E-state index contributed by atoms with van der Waals surface area (Å²) >= 11 is 0. The molecule has 2 aliphatic rings. The highest BCUT2D eigenvalue weighted by molar-refractivity contribution is 5.19. The largest absolute Gasteiger partial charge is 0.375 e. The summed E-state index contributed by atoms with van der Waals surface area (Å²) in [6, 6.07) is 7.58. The third-order valence-electron chi connectivity index (χ3n) is 5.09. The smallest absolute Gasteiger partial charge is 0.123 e. The van der Waals surface area contributed by atoms with Crippen LogP contribution in [0.15, 0.2) is 24.3 Å². The maximum atomic E-state index is 13.3. The first kappa shape index (κ1) is 15.0. The van der Waals surface area contributed by atoms with E-state index in [9.17, 15) is 4.39 Å². The number of rotatable bonds is 3. The van der Waals surface area contributed by atoms with Crippen molar-refractivity contribution in [3.63, 3.8) is 0 Å². The molecule has 1 aliphatic carbocycles. The van der Waals surface area contributed by atoms with Crippen LogP contribution in [0, 0.1) is 5.82 Å². The lowest BCUT2D eigenvalue weighted by Gasteiger charge is -2.44. The van der Waals surface area contributed by atoms with Crippen LogP contribution in [-0.4, -0.2) is 18.2 Å². The van der Waals surface area contributed by atoms with E-state index in [-0.39, 0.29) is 17.5 Å². The van der Waals surface area contributed by atoms with E-state index >= 15 is 0 Å². The van der Waals surface area contributed by atoms with E-state index in [1.165, 1.54) is 38.2 Å². The number of halogens is 1. The maximum Gasteiger partial charge on any atom is 0.123 e. The SMILES string of the molecule is C[C@@H](NC1CCOC2(CCCCC2)C1)c1cccc(F)c1. The molecule has 1 aromatic carbocycles. The second-order valence-corrected chi connectivity index (χ2v) is 6.73. The molecule has 0 aromatic heterocycles. The van der Waals surface area contributed by atoms with Gasteiger partial charge in [0, 0.05) is 18.7 Å². The lowest BCUT2D eigenvalue weighted by atomic mass is 9.78. The molecule has 2 nitrogen and oxygen atoms in total. The fourth-order valence-corrected chi connectivity index (χ4v) is 3.94. The van der Waals surface area contributed by atoms with Gasteiger partial charge in [-0.1, -0.05) is 31.4 Å². The summed E-state index contributed by atoms with van der Waals surface area (Å²) < 4.78 is 19.5. The highest BCUT2D eigenvalue weighted by Crippen LogP contribution is 2.39. The molecule has 1 saturated carbocycles. The Morgan fingerprint density at radius 1 is 1.29 bits per heavy atom. The minimum Gasteiger partial charge on any atom is -0.375 e. The summed E-state index contributed by atoms with van der Waals surface area (Å²) in [5.41, 5.74) is 1.15. The molecule has 116 valence electrons. The van der Waals surface area contributed by atoms with Crippen LogP contribution in [0.1, 0.15) is 63.5 Å². The van der Waals surface area contributed by atoms with Crippen LogP contribution < -0.4 is 5.32 Å². The van der Waals surface area contributed by atoms with Crippen molar-refractivity contribution >= 4 is 0 Å². The van der Waals surface area contributed by atoms with E-state index < -0.39 is 0 Å². The predicted molar refractivity (Wildman–Crippen MR) is 82.7 cm³/mol. The zero-order valence-electron chi connectivity index (χ0n) is 12.9. The standard InChI is InChI=1S/C18H26FNO/c1-14(15-6-5-7-16(19)12-15)20-17-8-11-21-18(13-17)9-3-2-4-10-18/h5-7,12,14,17,20H,2-4,8-11,13H2,1H3/t14-,17?/m1/s1. The molecule has 21 heavy (non-hydrogen) atoms. The molecular formula is C18H26FNO. The number of benzene rings is 1. The highest BCUT2D eigenvalue weighted by atomic mass is 19.1. The van der Waals surface area contributed by atoms with E-state index in [0.717, 1.165) is 25.0 Å². The van der Waals surface area contributed by atoms with Crippen molar-refractivity contribution in [3.8, 4) is 0 Å². The molecule has 3 rings (SSSR count). The van der Waals surface area contributed by atoms with Crippen LogP contribution in [0.25, 0.3) is 0 Å². The van der Waals surface area contributed by atoms with Crippen LogP contribution in [0.2, 0.25) is 0 Å². The van der Waals surface area contributed by atoms with Gasteiger partial charge in [0.25, 0.3) is 0 Å². The van der Waals surface area contributed by atoms with Crippen molar-refractivity contribution in [2.24, 2.45) is 0 Å². The Bertz CT molecular complexity index is 465. The van der Waals surface area contributed by atoms with E-state index in [4.69, 9.17) is 4.74 Å². The third-order valence-corrected chi connectivity index (χ3v) is 5.09. The molecule has 1 unspecified atom stereocenters. The van der Waals surface area contributed by atoms with Gasteiger partial charge in [0.1, 0.15) is 5.82 Å². The summed E-state index contributed by atoms with van der Waals surface area (Å²) in [6.07, 6.45) is 8.52. The topological polar surface area (TPSA) is 21.3 Å². The second-order valence-electron chi connectivity index (χ2n) is 6.73. The summed E-state index contributed by atoms with van der Waals surface area (Å²) in [5.74, 6) is -0.156. The first-order chi connectivity index (χ1) is 10.2. The number of ether oxygens (including phenoxy) is 1. The Balaban J connectivity index is 1.61. The van der Waals surface area contributed by atoms with Crippen molar-refractivity contribution < 1.29 is 9.13 Å². The van der Waals surface area contributed by atoms with Crippen molar-refractivity contribution in [2.45, 2.75) is 69.6 Å². The molecule has 1 heterocycles. The average molecular weight is 291 g/mol. The Hall–Kier alpha value is -0.930. The summed E-state index contributed by atoms with van der Waals surface area (Å²) in [5, 5.41) is 3.69. The van der Waals surface area contributed by atoms with Gasteiger partial charge in [-0.15, -0.1) is 0 Å². The first-order valence-electron chi connectivity index (χ1n) is 8.32. The van der Waals surface area contributed by atoms with Gasteiger partial charge in [-0.05, 0) is 50.3 Å². The first-order valence-corrected chi connectivity index (χ1v) is 8.32. The molecule has 0 bridgehead atoms. The molecule has 0 radical (unpaired) electrons. The molecule has 1 aliphatic heterocycles. The van der Waals surface area contributed by atoms with E-state index in [0.29, 0.717) is 6.04 Å². The minimum absolute atomic E-state index is 0.121. The maximum absolute atomic E-state index is 13.3. The van der Waals surface area contributed by atoms with Crippen molar-refractivity contribution in [1.82, 2.24) is 5.32 Å². The van der Waals surface area contributed by atoms with Gasteiger partial charge in [-0.25, -0.2) is 4.39 Å². The summed E-state index contributed by atoms with van der Waals surface area (Å²) in [6.45, 7) is 2.98.